The number of hydrogen-bond donors (Lipinski definition) is 1. The molecule has 6 nitrogen and oxygen atoms in total. The fourth-order valence-electron chi connectivity index (χ4n) is 2.50. The molecule has 118 valence electrons. The van der Waals surface area contributed by atoms with Crippen LogP contribution in [0.15, 0.2) is 17.8 Å². The predicted molar refractivity (Wildman–Crippen MR) is 88.5 cm³/mol. The molecule has 0 bridgehead atoms. The van der Waals surface area contributed by atoms with Crippen LogP contribution in [0.2, 0.25) is 0 Å². The summed E-state index contributed by atoms with van der Waals surface area (Å²) in [5, 5.41) is 6.61. The summed E-state index contributed by atoms with van der Waals surface area (Å²) in [7, 11) is 2.02. The monoisotopic (exact) mass is 319 g/mol. The first-order valence-electron chi connectivity index (χ1n) is 7.49. The molecule has 0 aliphatic carbocycles. The number of hydrogen-bond acceptors (Lipinski definition) is 7. The van der Waals surface area contributed by atoms with E-state index < -0.39 is 0 Å². The van der Waals surface area contributed by atoms with E-state index in [-0.39, 0.29) is 0 Å². The maximum absolute atomic E-state index is 5.49. The maximum Gasteiger partial charge on any atom is 0.134 e. The van der Waals surface area contributed by atoms with Gasteiger partial charge in [-0.15, -0.1) is 11.3 Å². The van der Waals surface area contributed by atoms with Gasteiger partial charge in [0.1, 0.15) is 18.0 Å². The van der Waals surface area contributed by atoms with Gasteiger partial charge in [0.05, 0.1) is 29.9 Å². The van der Waals surface area contributed by atoms with Gasteiger partial charge in [-0.25, -0.2) is 15.0 Å². The van der Waals surface area contributed by atoms with Gasteiger partial charge in [-0.1, -0.05) is 0 Å². The van der Waals surface area contributed by atoms with Crippen LogP contribution in [0, 0.1) is 6.92 Å². The molecule has 0 amide bonds. The molecule has 1 aliphatic heterocycles. The van der Waals surface area contributed by atoms with Gasteiger partial charge in [-0.2, -0.15) is 0 Å². The van der Waals surface area contributed by atoms with Crippen LogP contribution in [0.3, 0.4) is 0 Å². The van der Waals surface area contributed by atoms with Crippen molar-refractivity contribution in [1.82, 2.24) is 15.0 Å². The van der Waals surface area contributed by atoms with Gasteiger partial charge in [-0.3, -0.25) is 0 Å². The Labute approximate surface area is 134 Å². The van der Waals surface area contributed by atoms with Crippen LogP contribution in [0.4, 0.5) is 11.6 Å². The van der Waals surface area contributed by atoms with Crippen LogP contribution in [-0.2, 0) is 11.3 Å². The molecule has 1 saturated heterocycles. The Morgan fingerprint density at radius 1 is 1.45 bits per heavy atom. The van der Waals surface area contributed by atoms with E-state index in [9.17, 15) is 0 Å². The lowest BCUT2D eigenvalue weighted by Crippen LogP contribution is -2.30. The summed E-state index contributed by atoms with van der Waals surface area (Å²) in [6.07, 6.45) is 3.82. The summed E-state index contributed by atoms with van der Waals surface area (Å²) in [5.41, 5.74) is 1.07. The molecular weight excluding hydrogens is 298 g/mol. The van der Waals surface area contributed by atoms with Gasteiger partial charge < -0.3 is 15.0 Å². The number of nitrogens with zero attached hydrogens (tertiary/aromatic N) is 4. The first-order valence-corrected chi connectivity index (χ1v) is 8.37. The summed E-state index contributed by atoms with van der Waals surface area (Å²) in [5.74, 6) is 1.74. The maximum atomic E-state index is 5.49. The molecule has 7 heteroatoms. The quantitative estimate of drug-likeness (QED) is 0.913. The van der Waals surface area contributed by atoms with Gasteiger partial charge in [0.2, 0.25) is 0 Å². The number of anilines is 2. The van der Waals surface area contributed by atoms with E-state index in [0.717, 1.165) is 54.9 Å². The molecule has 1 unspecified atom stereocenters. The third kappa shape index (κ3) is 3.92. The predicted octanol–water partition coefficient (Wildman–Crippen LogP) is 2.47. The summed E-state index contributed by atoms with van der Waals surface area (Å²) in [6, 6.07) is 2.32. The van der Waals surface area contributed by atoms with Gasteiger partial charge >= 0.3 is 0 Å². The number of aryl methyl sites for hydroxylation is 1. The highest BCUT2D eigenvalue weighted by Gasteiger charge is 2.15. The highest BCUT2D eigenvalue weighted by Crippen LogP contribution is 2.18. The molecule has 1 aliphatic rings. The van der Waals surface area contributed by atoms with E-state index in [2.05, 4.69) is 30.5 Å². The number of thiazole rings is 1. The number of rotatable bonds is 5. The van der Waals surface area contributed by atoms with Crippen LogP contribution < -0.4 is 10.2 Å². The largest absolute Gasteiger partial charge is 0.379 e. The van der Waals surface area contributed by atoms with Crippen LogP contribution in [0.5, 0.6) is 0 Å². The van der Waals surface area contributed by atoms with Gasteiger partial charge in [0, 0.05) is 25.1 Å². The third-order valence-corrected chi connectivity index (χ3v) is 4.44. The van der Waals surface area contributed by atoms with Gasteiger partial charge in [0.25, 0.3) is 0 Å². The average Bonchev–Trinajstić information content (AvgIpc) is 2.93. The van der Waals surface area contributed by atoms with Crippen molar-refractivity contribution in [2.75, 3.05) is 30.5 Å². The number of nitrogens with one attached hydrogen (secondary N) is 1. The fraction of sp³-hybridized carbons (Fsp3) is 0.533. The molecule has 2 aromatic rings. The van der Waals surface area contributed by atoms with Crippen molar-refractivity contribution < 1.29 is 4.74 Å². The van der Waals surface area contributed by atoms with Crippen LogP contribution in [0.1, 0.15) is 23.5 Å². The summed E-state index contributed by atoms with van der Waals surface area (Å²) in [6.45, 7) is 4.37. The van der Waals surface area contributed by atoms with E-state index in [0.29, 0.717) is 6.04 Å². The van der Waals surface area contributed by atoms with Crippen molar-refractivity contribution in [1.29, 1.82) is 0 Å². The van der Waals surface area contributed by atoms with Crippen molar-refractivity contribution in [2.24, 2.45) is 0 Å². The molecule has 22 heavy (non-hydrogen) atoms. The summed E-state index contributed by atoms with van der Waals surface area (Å²) < 4.78 is 5.49. The Balaban J connectivity index is 1.64. The van der Waals surface area contributed by atoms with E-state index in [4.69, 9.17) is 4.74 Å². The minimum Gasteiger partial charge on any atom is -0.379 e. The molecule has 0 spiro atoms. The van der Waals surface area contributed by atoms with E-state index in [1.807, 2.05) is 20.0 Å². The minimum atomic E-state index is 0.336. The molecule has 3 heterocycles. The number of aromatic nitrogens is 3. The van der Waals surface area contributed by atoms with Crippen molar-refractivity contribution >= 4 is 23.0 Å². The average molecular weight is 319 g/mol. The van der Waals surface area contributed by atoms with Gasteiger partial charge in [-0.05, 0) is 19.8 Å². The SMILES string of the molecule is Cc1nc(CN(C)c2cc(NC3CCCOC3)ncn2)cs1. The van der Waals surface area contributed by atoms with Crippen LogP contribution in [-0.4, -0.2) is 41.3 Å². The second-order valence-corrected chi connectivity index (χ2v) is 6.60. The van der Waals surface area contributed by atoms with E-state index >= 15 is 0 Å². The van der Waals surface area contributed by atoms with Gasteiger partial charge in [0.15, 0.2) is 0 Å². The lowest BCUT2D eigenvalue weighted by molar-refractivity contribution is 0.0875. The third-order valence-electron chi connectivity index (χ3n) is 3.62. The van der Waals surface area contributed by atoms with Crippen LogP contribution in [0.25, 0.3) is 0 Å². The second-order valence-electron chi connectivity index (χ2n) is 5.53. The molecular formula is C15H21N5OS. The molecule has 1 N–H and O–H groups in total. The Kier molecular flexibility index (Phi) is 4.84. The normalized spacial score (nSPS) is 18.2. The first kappa shape index (κ1) is 15.2. The molecule has 2 aromatic heterocycles. The second kappa shape index (κ2) is 7.02. The van der Waals surface area contributed by atoms with E-state index in [1.54, 1.807) is 17.7 Å². The Morgan fingerprint density at radius 2 is 2.36 bits per heavy atom. The zero-order chi connectivity index (χ0) is 15.4. The first-order chi connectivity index (χ1) is 10.7. The van der Waals surface area contributed by atoms with Crippen LogP contribution >= 0.6 is 11.3 Å². The smallest absolute Gasteiger partial charge is 0.134 e. The Bertz CT molecular complexity index is 611. The zero-order valence-corrected chi connectivity index (χ0v) is 13.8. The summed E-state index contributed by atoms with van der Waals surface area (Å²) in [4.78, 5) is 15.2. The van der Waals surface area contributed by atoms with Crippen molar-refractivity contribution in [3.8, 4) is 0 Å². The Hall–Kier alpha value is -1.73. The Morgan fingerprint density at radius 3 is 3.09 bits per heavy atom. The minimum absolute atomic E-state index is 0.336. The molecule has 1 fully saturated rings. The zero-order valence-electron chi connectivity index (χ0n) is 13.0. The summed E-state index contributed by atoms with van der Waals surface area (Å²) >= 11 is 1.67. The highest BCUT2D eigenvalue weighted by molar-refractivity contribution is 7.09. The van der Waals surface area contributed by atoms with Crippen molar-refractivity contribution in [3.05, 3.63) is 28.5 Å². The van der Waals surface area contributed by atoms with Crippen molar-refractivity contribution in [2.45, 2.75) is 32.4 Å². The molecule has 0 aromatic carbocycles. The topological polar surface area (TPSA) is 63.2 Å². The standard InChI is InChI=1S/C15H21N5OS/c1-11-18-13(9-22-11)7-20(2)15-6-14(16-10-17-15)19-12-4-3-5-21-8-12/h6,9-10,12H,3-5,7-8H2,1-2H3,(H,16,17,19). The van der Waals surface area contributed by atoms with Crippen molar-refractivity contribution in [3.63, 3.8) is 0 Å². The highest BCUT2D eigenvalue weighted by atomic mass is 32.1. The molecule has 1 atom stereocenters. The lowest BCUT2D eigenvalue weighted by atomic mass is 10.1. The molecule has 3 rings (SSSR count). The lowest BCUT2D eigenvalue weighted by Gasteiger charge is -2.24. The number of ether oxygens (including phenoxy) is 1. The van der Waals surface area contributed by atoms with E-state index in [1.165, 1.54) is 0 Å². The molecule has 0 saturated carbocycles. The molecule has 0 radical (unpaired) electrons. The fourth-order valence-corrected chi connectivity index (χ4v) is 3.11.